The number of likely N-dealkylation sites (tertiary alicyclic amines) is 1. The minimum atomic E-state index is -0.670. The summed E-state index contributed by atoms with van der Waals surface area (Å²) in [5.41, 5.74) is 8.75. The molecule has 35 heavy (non-hydrogen) atoms. The van der Waals surface area contributed by atoms with Crippen LogP contribution in [0.25, 0.3) is 0 Å². The fraction of sp³-hybridized carbons (Fsp3) is 0.393. The molecule has 7 heteroatoms. The molecule has 1 fully saturated rings. The fourth-order valence-electron chi connectivity index (χ4n) is 4.38. The van der Waals surface area contributed by atoms with Crippen molar-refractivity contribution in [3.05, 3.63) is 82.9 Å². The molecule has 0 spiro atoms. The van der Waals surface area contributed by atoms with E-state index >= 15 is 0 Å². The molecule has 6 nitrogen and oxygen atoms in total. The van der Waals surface area contributed by atoms with E-state index in [1.54, 1.807) is 12.3 Å². The summed E-state index contributed by atoms with van der Waals surface area (Å²) < 4.78 is 0. The van der Waals surface area contributed by atoms with Crippen LogP contribution < -0.4 is 11.1 Å². The van der Waals surface area contributed by atoms with Crippen molar-refractivity contribution in [2.24, 2.45) is 16.6 Å². The second-order valence-electron chi connectivity index (χ2n) is 9.35. The lowest BCUT2D eigenvalue weighted by atomic mass is 9.89. The average Bonchev–Trinajstić information content (AvgIpc) is 3.34. The van der Waals surface area contributed by atoms with Gasteiger partial charge in [-0.3, -0.25) is 14.6 Å². The molecular weight excluding hydrogens is 456 g/mol. The molecular formula is C28H36N4O2S. The Balaban J connectivity index is 1.84. The number of nitrogens with one attached hydrogen (secondary N) is 1. The van der Waals surface area contributed by atoms with Crippen molar-refractivity contribution in [1.29, 1.82) is 0 Å². The molecule has 1 heterocycles. The van der Waals surface area contributed by atoms with Gasteiger partial charge in [0.05, 0.1) is 23.7 Å². The largest absolute Gasteiger partial charge is 0.343 e. The van der Waals surface area contributed by atoms with Crippen molar-refractivity contribution in [3.8, 4) is 0 Å². The maximum Gasteiger partial charge on any atom is 0.245 e. The van der Waals surface area contributed by atoms with E-state index in [2.05, 4.69) is 42.2 Å². The van der Waals surface area contributed by atoms with E-state index in [0.29, 0.717) is 6.54 Å². The van der Waals surface area contributed by atoms with Crippen LogP contribution >= 0.6 is 12.6 Å². The Hall–Kier alpha value is -2.90. The normalized spacial score (nSPS) is 18.3. The van der Waals surface area contributed by atoms with Crippen molar-refractivity contribution in [2.75, 3.05) is 6.54 Å². The van der Waals surface area contributed by atoms with Gasteiger partial charge in [0.1, 0.15) is 6.04 Å². The third kappa shape index (κ3) is 6.83. The minimum Gasteiger partial charge on any atom is -0.343 e. The topological polar surface area (TPSA) is 87.8 Å². The highest BCUT2D eigenvalue weighted by Gasteiger charge is 2.35. The van der Waals surface area contributed by atoms with Crippen molar-refractivity contribution in [2.45, 2.75) is 57.7 Å². The van der Waals surface area contributed by atoms with Gasteiger partial charge in [-0.1, -0.05) is 74.5 Å². The van der Waals surface area contributed by atoms with Crippen LogP contribution in [0.1, 0.15) is 50.7 Å². The highest BCUT2D eigenvalue weighted by Crippen LogP contribution is 2.33. The predicted octanol–water partition coefficient (Wildman–Crippen LogP) is 4.14. The fourth-order valence-corrected chi connectivity index (χ4v) is 4.59. The molecule has 0 bridgehead atoms. The molecule has 2 amide bonds. The maximum absolute atomic E-state index is 13.4. The zero-order valence-electron chi connectivity index (χ0n) is 20.7. The zero-order valence-corrected chi connectivity index (χ0v) is 21.6. The summed E-state index contributed by atoms with van der Waals surface area (Å²) in [6.07, 6.45) is 3.56. The lowest BCUT2D eigenvalue weighted by molar-refractivity contribution is -0.137. The molecule has 1 aliphatic heterocycles. The van der Waals surface area contributed by atoms with Gasteiger partial charge in [-0.15, -0.1) is 12.6 Å². The molecule has 3 rings (SSSR count). The molecule has 1 aliphatic rings. The zero-order chi connectivity index (χ0) is 25.4. The molecule has 2 aromatic carbocycles. The van der Waals surface area contributed by atoms with Crippen LogP contribution in [0, 0.1) is 5.92 Å². The summed E-state index contributed by atoms with van der Waals surface area (Å²) in [5.74, 6) is -0.556. The summed E-state index contributed by atoms with van der Waals surface area (Å²) in [4.78, 5) is 32.3. The summed E-state index contributed by atoms with van der Waals surface area (Å²) >= 11 is 4.50. The number of amides is 2. The summed E-state index contributed by atoms with van der Waals surface area (Å²) in [7, 11) is 0. The smallest absolute Gasteiger partial charge is 0.245 e. The quantitative estimate of drug-likeness (QED) is 0.363. The number of carbonyl (C=O) groups is 2. The number of nitrogens with zero attached hydrogens (tertiary/aromatic N) is 2. The molecule has 0 aliphatic carbocycles. The Labute approximate surface area is 214 Å². The van der Waals surface area contributed by atoms with Crippen molar-refractivity contribution < 1.29 is 9.59 Å². The summed E-state index contributed by atoms with van der Waals surface area (Å²) in [5, 5.41) is 4.57. The van der Waals surface area contributed by atoms with E-state index in [0.717, 1.165) is 29.7 Å². The molecule has 1 unspecified atom stereocenters. The predicted molar refractivity (Wildman–Crippen MR) is 145 cm³/mol. The first-order valence-electron chi connectivity index (χ1n) is 12.2. The first kappa shape index (κ1) is 26.7. The Morgan fingerprint density at radius 3 is 2.11 bits per heavy atom. The number of carbonyl (C=O) groups excluding carboxylic acids is 2. The second-order valence-corrected chi connectivity index (χ2v) is 9.60. The van der Waals surface area contributed by atoms with Crippen molar-refractivity contribution >= 4 is 30.7 Å². The van der Waals surface area contributed by atoms with E-state index in [9.17, 15) is 9.59 Å². The minimum absolute atomic E-state index is 0.0585. The number of rotatable bonds is 9. The van der Waals surface area contributed by atoms with Crippen molar-refractivity contribution in [3.63, 3.8) is 0 Å². The highest BCUT2D eigenvalue weighted by molar-refractivity contribution is 7.83. The van der Waals surface area contributed by atoms with Gasteiger partial charge < -0.3 is 16.0 Å². The van der Waals surface area contributed by atoms with Crippen LogP contribution in [0.15, 0.2) is 76.8 Å². The Bertz CT molecular complexity index is 998. The lowest BCUT2D eigenvalue weighted by Crippen LogP contribution is -2.55. The van der Waals surface area contributed by atoms with Crippen molar-refractivity contribution in [1.82, 2.24) is 10.2 Å². The number of thiol groups is 1. The first-order chi connectivity index (χ1) is 16.8. The Morgan fingerprint density at radius 1 is 1.06 bits per heavy atom. The number of aliphatic imine (C=N–C) groups is 1. The van der Waals surface area contributed by atoms with E-state index in [1.807, 2.05) is 61.4 Å². The summed E-state index contributed by atoms with van der Waals surface area (Å²) in [6, 6.07) is 19.0. The van der Waals surface area contributed by atoms with Gasteiger partial charge in [0.15, 0.2) is 0 Å². The third-order valence-corrected chi connectivity index (χ3v) is 6.58. The standard InChI is InChI=1S/C28H36N4O2S/c1-19(2)26(31-27(33)20(3)29)28(34)32-16-10-15-23(32)17-30-24(18-35)25(21-11-6-4-7-12-21)22-13-8-5-9-14-22/h4-9,11-14,17-20,23,25-26,35H,10,15-16,29H2,1-3H3,(H,31,33)/b24-18-,30-17?/t20-,23+,26?/m0/s1. The van der Waals surface area contributed by atoms with E-state index in [4.69, 9.17) is 10.7 Å². The molecule has 3 atom stereocenters. The number of benzene rings is 2. The molecule has 1 saturated heterocycles. The number of allylic oxidation sites excluding steroid dienone is 1. The molecule has 0 radical (unpaired) electrons. The van der Waals surface area contributed by atoms with E-state index in [-0.39, 0.29) is 29.7 Å². The molecule has 2 aromatic rings. The van der Waals surface area contributed by atoms with E-state index in [1.165, 1.54) is 0 Å². The van der Waals surface area contributed by atoms with Gasteiger partial charge in [-0.25, -0.2) is 0 Å². The van der Waals surface area contributed by atoms with Crippen LogP contribution in [0.2, 0.25) is 0 Å². The first-order valence-corrected chi connectivity index (χ1v) is 12.7. The van der Waals surface area contributed by atoms with Crippen LogP contribution in [0.3, 0.4) is 0 Å². The van der Waals surface area contributed by atoms with Crippen LogP contribution in [-0.4, -0.2) is 47.6 Å². The van der Waals surface area contributed by atoms with Gasteiger partial charge in [0.2, 0.25) is 11.8 Å². The monoisotopic (exact) mass is 492 g/mol. The SMILES string of the molecule is CC(C)C(NC(=O)[C@H](C)N)C(=O)N1CCC[C@@H]1C=N/C(=C\S)C(c1ccccc1)c1ccccc1. The van der Waals surface area contributed by atoms with Gasteiger partial charge in [0.25, 0.3) is 0 Å². The van der Waals surface area contributed by atoms with Gasteiger partial charge >= 0.3 is 0 Å². The molecule has 186 valence electrons. The number of nitrogens with two attached hydrogens (primary N) is 1. The van der Waals surface area contributed by atoms with Gasteiger partial charge in [0, 0.05) is 12.8 Å². The second kappa shape index (κ2) is 12.7. The van der Waals surface area contributed by atoms with Gasteiger partial charge in [-0.2, -0.15) is 0 Å². The maximum atomic E-state index is 13.4. The molecule has 0 saturated carbocycles. The van der Waals surface area contributed by atoms with Gasteiger partial charge in [-0.05, 0) is 42.2 Å². The number of hydrogen-bond donors (Lipinski definition) is 3. The Morgan fingerprint density at radius 2 is 1.63 bits per heavy atom. The lowest BCUT2D eigenvalue weighted by Gasteiger charge is -2.30. The number of hydrogen-bond acceptors (Lipinski definition) is 5. The highest BCUT2D eigenvalue weighted by atomic mass is 32.1. The van der Waals surface area contributed by atoms with E-state index < -0.39 is 12.1 Å². The Kier molecular flexibility index (Phi) is 9.69. The van der Waals surface area contributed by atoms with Crippen LogP contribution in [0.5, 0.6) is 0 Å². The summed E-state index contributed by atoms with van der Waals surface area (Å²) in [6.45, 7) is 6.10. The van der Waals surface area contributed by atoms with Crippen LogP contribution in [0.4, 0.5) is 0 Å². The molecule has 0 aromatic heterocycles. The molecule has 3 N–H and O–H groups in total. The van der Waals surface area contributed by atoms with Crippen LogP contribution in [-0.2, 0) is 9.59 Å². The third-order valence-electron chi connectivity index (χ3n) is 6.32. The average molecular weight is 493 g/mol.